The summed E-state index contributed by atoms with van der Waals surface area (Å²) in [7, 11) is 0. The van der Waals surface area contributed by atoms with E-state index in [1.807, 2.05) is 0 Å². The molecule has 0 fully saturated rings. The van der Waals surface area contributed by atoms with E-state index in [-0.39, 0.29) is 5.91 Å². The molecule has 2 aromatic rings. The Morgan fingerprint density at radius 1 is 1.36 bits per heavy atom. The highest BCUT2D eigenvalue weighted by molar-refractivity contribution is 7.09. The Kier molecular flexibility index (Phi) is 2.46. The first-order chi connectivity index (χ1) is 6.86. The van der Waals surface area contributed by atoms with Crippen LogP contribution in [-0.4, -0.2) is 20.2 Å². The lowest BCUT2D eigenvalue weighted by molar-refractivity contribution is 0.102. The van der Waals surface area contributed by atoms with E-state index in [9.17, 15) is 4.79 Å². The van der Waals surface area contributed by atoms with Crippen LogP contribution in [0.1, 0.15) is 10.5 Å². The quantitative estimate of drug-likeness (QED) is 0.801. The van der Waals surface area contributed by atoms with E-state index in [1.54, 1.807) is 24.4 Å². The normalized spacial score (nSPS) is 9.71. The van der Waals surface area contributed by atoms with Crippen LogP contribution in [0, 0.1) is 0 Å². The average molecular weight is 206 g/mol. The molecule has 0 atom stereocenters. The summed E-state index contributed by atoms with van der Waals surface area (Å²) in [6, 6.07) is 5.14. The van der Waals surface area contributed by atoms with Gasteiger partial charge in [0.1, 0.15) is 12.0 Å². The molecule has 2 aromatic heterocycles. The minimum Gasteiger partial charge on any atom is -0.295 e. The van der Waals surface area contributed by atoms with Crippen LogP contribution in [0.4, 0.5) is 5.13 Å². The first-order valence-corrected chi connectivity index (χ1v) is 4.62. The molecule has 1 N–H and O–H groups in total. The maximum atomic E-state index is 11.5. The third kappa shape index (κ3) is 1.91. The molecule has 14 heavy (non-hydrogen) atoms. The van der Waals surface area contributed by atoms with Gasteiger partial charge in [0.05, 0.1) is 0 Å². The van der Waals surface area contributed by atoms with Gasteiger partial charge in [-0.15, -0.1) is 0 Å². The predicted octanol–water partition coefficient (Wildman–Crippen LogP) is 1.19. The van der Waals surface area contributed by atoms with Gasteiger partial charge in [0.15, 0.2) is 0 Å². The van der Waals surface area contributed by atoms with E-state index in [0.717, 1.165) is 11.5 Å². The molecule has 0 unspecified atom stereocenters. The average Bonchev–Trinajstić information content (AvgIpc) is 2.72. The van der Waals surface area contributed by atoms with Crippen molar-refractivity contribution in [2.45, 2.75) is 0 Å². The molecular formula is C8H6N4OS. The predicted molar refractivity (Wildman–Crippen MR) is 52.1 cm³/mol. The van der Waals surface area contributed by atoms with Crippen molar-refractivity contribution >= 4 is 22.6 Å². The van der Waals surface area contributed by atoms with Gasteiger partial charge in [-0.2, -0.15) is 4.37 Å². The van der Waals surface area contributed by atoms with Crippen LogP contribution in [0.15, 0.2) is 30.7 Å². The zero-order chi connectivity index (χ0) is 9.80. The summed E-state index contributed by atoms with van der Waals surface area (Å²) in [4.78, 5) is 19.2. The maximum absolute atomic E-state index is 11.5. The van der Waals surface area contributed by atoms with Crippen molar-refractivity contribution in [3.63, 3.8) is 0 Å². The third-order valence-electron chi connectivity index (χ3n) is 1.48. The number of amides is 1. The van der Waals surface area contributed by atoms with Crippen molar-refractivity contribution in [1.82, 2.24) is 14.3 Å². The molecule has 0 aliphatic heterocycles. The highest BCUT2D eigenvalue weighted by atomic mass is 32.1. The number of anilines is 1. The fraction of sp³-hybridized carbons (Fsp3) is 0. The molecule has 70 valence electrons. The van der Waals surface area contributed by atoms with Crippen LogP contribution in [0.25, 0.3) is 0 Å². The van der Waals surface area contributed by atoms with Crippen LogP contribution in [0.2, 0.25) is 0 Å². The van der Waals surface area contributed by atoms with Crippen LogP contribution in [0.5, 0.6) is 0 Å². The van der Waals surface area contributed by atoms with Gasteiger partial charge >= 0.3 is 0 Å². The molecule has 0 aliphatic rings. The van der Waals surface area contributed by atoms with Crippen molar-refractivity contribution in [3.8, 4) is 0 Å². The van der Waals surface area contributed by atoms with Gasteiger partial charge < -0.3 is 0 Å². The molecule has 0 aliphatic carbocycles. The summed E-state index contributed by atoms with van der Waals surface area (Å²) in [6.07, 6.45) is 2.95. The lowest BCUT2D eigenvalue weighted by Crippen LogP contribution is -2.12. The smallest absolute Gasteiger partial charge is 0.276 e. The summed E-state index contributed by atoms with van der Waals surface area (Å²) in [5.41, 5.74) is 0.364. The number of hydrogen-bond acceptors (Lipinski definition) is 5. The number of aromatic nitrogens is 3. The molecule has 5 nitrogen and oxygen atoms in total. The zero-order valence-electron chi connectivity index (χ0n) is 7.04. The van der Waals surface area contributed by atoms with Crippen LogP contribution >= 0.6 is 11.5 Å². The second kappa shape index (κ2) is 3.93. The maximum Gasteiger partial charge on any atom is 0.276 e. The third-order valence-corrected chi connectivity index (χ3v) is 2.06. The summed E-state index contributed by atoms with van der Waals surface area (Å²) < 4.78 is 3.76. The molecule has 0 aromatic carbocycles. The van der Waals surface area contributed by atoms with E-state index in [0.29, 0.717) is 10.8 Å². The van der Waals surface area contributed by atoms with E-state index >= 15 is 0 Å². The van der Waals surface area contributed by atoms with E-state index in [2.05, 4.69) is 19.7 Å². The van der Waals surface area contributed by atoms with Crippen LogP contribution in [0.3, 0.4) is 0 Å². The number of carbonyl (C=O) groups excluding carboxylic acids is 1. The Hall–Kier alpha value is -1.82. The van der Waals surface area contributed by atoms with Gasteiger partial charge in [-0.05, 0) is 12.1 Å². The summed E-state index contributed by atoms with van der Waals surface area (Å²) in [5.74, 6) is -0.276. The molecule has 0 bridgehead atoms. The largest absolute Gasteiger partial charge is 0.295 e. The minimum absolute atomic E-state index is 0.276. The lowest BCUT2D eigenvalue weighted by Gasteiger charge is -1.98. The highest BCUT2D eigenvalue weighted by Crippen LogP contribution is 2.07. The second-order valence-corrected chi connectivity index (χ2v) is 3.20. The van der Waals surface area contributed by atoms with Crippen molar-refractivity contribution in [3.05, 3.63) is 36.4 Å². The van der Waals surface area contributed by atoms with Crippen molar-refractivity contribution < 1.29 is 4.79 Å². The minimum atomic E-state index is -0.276. The molecule has 0 saturated carbocycles. The Bertz CT molecular complexity index is 414. The lowest BCUT2D eigenvalue weighted by atomic mass is 10.3. The monoisotopic (exact) mass is 206 g/mol. The molecule has 6 heteroatoms. The molecule has 0 spiro atoms. The van der Waals surface area contributed by atoms with Gasteiger partial charge in [-0.25, -0.2) is 4.98 Å². The first kappa shape index (κ1) is 8.76. The van der Waals surface area contributed by atoms with Gasteiger partial charge in [0, 0.05) is 17.7 Å². The molecule has 0 saturated heterocycles. The number of nitrogens with one attached hydrogen (secondary N) is 1. The fourth-order valence-electron chi connectivity index (χ4n) is 0.886. The van der Waals surface area contributed by atoms with Gasteiger partial charge in [0.25, 0.3) is 5.91 Å². The number of rotatable bonds is 2. The number of hydrogen-bond donors (Lipinski definition) is 1. The van der Waals surface area contributed by atoms with Gasteiger partial charge in [-0.3, -0.25) is 15.1 Å². The number of pyridine rings is 1. The molecule has 0 radical (unpaired) electrons. The van der Waals surface area contributed by atoms with E-state index < -0.39 is 0 Å². The zero-order valence-corrected chi connectivity index (χ0v) is 7.86. The topological polar surface area (TPSA) is 67.8 Å². The van der Waals surface area contributed by atoms with Crippen LogP contribution in [-0.2, 0) is 0 Å². The second-order valence-electron chi connectivity index (χ2n) is 2.42. The molecule has 2 heterocycles. The number of nitrogens with zero attached hydrogens (tertiary/aromatic N) is 3. The summed E-state index contributed by atoms with van der Waals surface area (Å²) >= 11 is 1.13. The standard InChI is InChI=1S/C8H6N4OS/c13-7(6-3-1-2-4-9-6)12-8-10-5-11-14-8/h1-5H,(H,10,11,12,13). The number of carbonyl (C=O) groups is 1. The van der Waals surface area contributed by atoms with Crippen LogP contribution < -0.4 is 5.32 Å². The fourth-order valence-corrected chi connectivity index (χ4v) is 1.31. The summed E-state index contributed by atoms with van der Waals surface area (Å²) in [5, 5.41) is 3.05. The van der Waals surface area contributed by atoms with Gasteiger partial charge in [-0.1, -0.05) is 6.07 Å². The molecule has 2 rings (SSSR count). The van der Waals surface area contributed by atoms with Crippen molar-refractivity contribution in [2.75, 3.05) is 5.32 Å². The Morgan fingerprint density at radius 2 is 2.29 bits per heavy atom. The first-order valence-electron chi connectivity index (χ1n) is 3.85. The van der Waals surface area contributed by atoms with Crippen molar-refractivity contribution in [2.24, 2.45) is 0 Å². The Labute approximate surface area is 84.0 Å². The molecule has 1 amide bonds. The van der Waals surface area contributed by atoms with Crippen molar-refractivity contribution in [1.29, 1.82) is 0 Å². The SMILES string of the molecule is O=C(Nc1ncns1)c1ccccn1. The van der Waals surface area contributed by atoms with E-state index in [4.69, 9.17) is 0 Å². The molecular weight excluding hydrogens is 200 g/mol. The Balaban J connectivity index is 2.11. The highest BCUT2D eigenvalue weighted by Gasteiger charge is 2.07. The van der Waals surface area contributed by atoms with E-state index in [1.165, 1.54) is 6.33 Å². The van der Waals surface area contributed by atoms with Gasteiger partial charge in [0.2, 0.25) is 5.13 Å². The summed E-state index contributed by atoms with van der Waals surface area (Å²) in [6.45, 7) is 0. The Morgan fingerprint density at radius 3 is 2.93 bits per heavy atom.